The van der Waals surface area contributed by atoms with Crippen molar-refractivity contribution in [2.24, 2.45) is 0 Å². The van der Waals surface area contributed by atoms with Gasteiger partial charge in [-0.25, -0.2) is 9.67 Å². The Balaban J connectivity index is 1.88. The number of carbonyl (C=O) groups is 1. The van der Waals surface area contributed by atoms with Gasteiger partial charge in [0.2, 0.25) is 0 Å². The van der Waals surface area contributed by atoms with Crippen LogP contribution in [0.4, 0.5) is 5.82 Å². The van der Waals surface area contributed by atoms with Gasteiger partial charge in [-0.15, -0.1) is 0 Å². The first-order valence-corrected chi connectivity index (χ1v) is 7.58. The largest absolute Gasteiger partial charge is 0.493 e. The molecule has 116 valence electrons. The average Bonchev–Trinajstić information content (AvgIpc) is 3.02. The molecule has 0 aliphatic rings. The van der Waals surface area contributed by atoms with Crippen molar-refractivity contribution >= 4 is 27.7 Å². The first-order valence-electron chi connectivity index (χ1n) is 6.79. The molecule has 6 nitrogen and oxygen atoms in total. The van der Waals surface area contributed by atoms with Crippen LogP contribution in [0.3, 0.4) is 0 Å². The van der Waals surface area contributed by atoms with Crippen molar-refractivity contribution in [3.05, 3.63) is 65.0 Å². The third kappa shape index (κ3) is 3.40. The predicted molar refractivity (Wildman–Crippen MR) is 90.0 cm³/mol. The van der Waals surface area contributed by atoms with Gasteiger partial charge in [-0.2, -0.15) is 5.10 Å². The van der Waals surface area contributed by atoms with Gasteiger partial charge in [0.1, 0.15) is 5.82 Å². The maximum Gasteiger partial charge on any atom is 0.281 e. The lowest BCUT2D eigenvalue weighted by atomic mass is 10.3. The molecule has 7 heteroatoms. The van der Waals surface area contributed by atoms with Crippen molar-refractivity contribution in [1.82, 2.24) is 14.8 Å². The number of amides is 1. The Kier molecular flexibility index (Phi) is 4.38. The van der Waals surface area contributed by atoms with Gasteiger partial charge < -0.3 is 10.1 Å². The number of rotatable bonds is 4. The summed E-state index contributed by atoms with van der Waals surface area (Å²) in [5.41, 5.74) is 1.03. The number of aromatic nitrogens is 3. The number of halogens is 1. The number of pyridine rings is 1. The van der Waals surface area contributed by atoms with Crippen LogP contribution < -0.4 is 10.1 Å². The molecular formula is C16H13BrN4O2. The Morgan fingerprint density at radius 1 is 1.22 bits per heavy atom. The number of methoxy groups -OCH3 is 1. The third-order valence-electron chi connectivity index (χ3n) is 3.11. The number of anilines is 1. The molecule has 23 heavy (non-hydrogen) atoms. The molecule has 0 aliphatic heterocycles. The summed E-state index contributed by atoms with van der Waals surface area (Å²) in [7, 11) is 1.50. The van der Waals surface area contributed by atoms with Gasteiger partial charge in [0.05, 0.1) is 19.0 Å². The number of hydrogen-bond donors (Lipinski definition) is 1. The molecule has 0 atom stereocenters. The molecule has 1 N–H and O–H groups in total. The van der Waals surface area contributed by atoms with Gasteiger partial charge in [0, 0.05) is 10.7 Å². The maximum absolute atomic E-state index is 12.4. The zero-order valence-corrected chi connectivity index (χ0v) is 13.8. The van der Waals surface area contributed by atoms with E-state index in [1.165, 1.54) is 7.11 Å². The van der Waals surface area contributed by atoms with Gasteiger partial charge >= 0.3 is 0 Å². The first-order chi connectivity index (χ1) is 11.2. The highest BCUT2D eigenvalue weighted by Crippen LogP contribution is 2.20. The minimum atomic E-state index is -0.383. The van der Waals surface area contributed by atoms with E-state index < -0.39 is 0 Å². The van der Waals surface area contributed by atoms with Crippen molar-refractivity contribution in [2.75, 3.05) is 12.4 Å². The quantitative estimate of drug-likeness (QED) is 0.762. The minimum Gasteiger partial charge on any atom is -0.493 e. The number of benzene rings is 1. The van der Waals surface area contributed by atoms with Crippen molar-refractivity contribution in [3.8, 4) is 11.4 Å². The van der Waals surface area contributed by atoms with Crippen LogP contribution in [0.5, 0.6) is 5.75 Å². The summed E-state index contributed by atoms with van der Waals surface area (Å²) in [6.07, 6.45) is 3.27. The zero-order valence-electron chi connectivity index (χ0n) is 12.2. The van der Waals surface area contributed by atoms with Crippen molar-refractivity contribution in [2.45, 2.75) is 0 Å². The van der Waals surface area contributed by atoms with E-state index in [-0.39, 0.29) is 11.6 Å². The van der Waals surface area contributed by atoms with Crippen LogP contribution in [0.25, 0.3) is 5.69 Å². The Bertz CT molecular complexity index is 816. The van der Waals surface area contributed by atoms with Crippen LogP contribution in [0.15, 0.2) is 59.3 Å². The van der Waals surface area contributed by atoms with E-state index in [1.807, 2.05) is 30.3 Å². The van der Waals surface area contributed by atoms with Gasteiger partial charge in [-0.05, 0) is 40.2 Å². The number of para-hydroxylation sites is 1. The van der Waals surface area contributed by atoms with E-state index in [9.17, 15) is 4.79 Å². The van der Waals surface area contributed by atoms with E-state index >= 15 is 0 Å². The highest BCUT2D eigenvalue weighted by Gasteiger charge is 2.18. The lowest BCUT2D eigenvalue weighted by molar-refractivity contribution is 0.101. The van der Waals surface area contributed by atoms with Crippen LogP contribution in [-0.2, 0) is 0 Å². The fraction of sp³-hybridized carbons (Fsp3) is 0.0625. The van der Waals surface area contributed by atoms with E-state index in [0.717, 1.165) is 10.2 Å². The predicted octanol–water partition coefficient (Wildman–Crippen LogP) is 3.29. The molecule has 0 aliphatic carbocycles. The van der Waals surface area contributed by atoms with E-state index in [1.54, 1.807) is 29.2 Å². The smallest absolute Gasteiger partial charge is 0.281 e. The number of carbonyl (C=O) groups excluding carboxylic acids is 1. The number of nitrogens with zero attached hydrogens (tertiary/aromatic N) is 3. The van der Waals surface area contributed by atoms with Crippen LogP contribution in [0, 0.1) is 0 Å². The van der Waals surface area contributed by atoms with Crippen LogP contribution in [0.1, 0.15) is 10.5 Å². The normalized spacial score (nSPS) is 10.3. The number of ether oxygens (including phenoxy) is 1. The average molecular weight is 373 g/mol. The molecular weight excluding hydrogens is 360 g/mol. The van der Waals surface area contributed by atoms with Crippen LogP contribution in [-0.4, -0.2) is 27.8 Å². The summed E-state index contributed by atoms with van der Waals surface area (Å²) >= 11 is 3.30. The lowest BCUT2D eigenvalue weighted by Crippen LogP contribution is -2.15. The molecule has 1 aromatic carbocycles. The Morgan fingerprint density at radius 2 is 2.00 bits per heavy atom. The van der Waals surface area contributed by atoms with E-state index in [2.05, 4.69) is 31.3 Å². The fourth-order valence-electron chi connectivity index (χ4n) is 2.00. The molecule has 0 bridgehead atoms. The van der Waals surface area contributed by atoms with Crippen molar-refractivity contribution < 1.29 is 9.53 Å². The maximum atomic E-state index is 12.4. The van der Waals surface area contributed by atoms with Gasteiger partial charge in [-0.1, -0.05) is 18.2 Å². The Morgan fingerprint density at radius 3 is 2.65 bits per heavy atom. The molecule has 0 saturated heterocycles. The first kappa shape index (κ1) is 15.2. The summed E-state index contributed by atoms with van der Waals surface area (Å²) in [5.74, 6) is 0.448. The second-order valence-corrected chi connectivity index (χ2v) is 5.56. The number of nitrogens with one attached hydrogen (secondary N) is 1. The SMILES string of the molecule is COc1cn(-c2ccccc2)nc1C(=O)Nc1ccc(Br)cn1. The highest BCUT2D eigenvalue weighted by molar-refractivity contribution is 9.10. The molecule has 0 fully saturated rings. The summed E-state index contributed by atoms with van der Waals surface area (Å²) in [6.45, 7) is 0. The monoisotopic (exact) mass is 372 g/mol. The number of hydrogen-bond acceptors (Lipinski definition) is 4. The standard InChI is InChI=1S/C16H13BrN4O2/c1-23-13-10-21(12-5-3-2-4-6-12)20-15(13)16(22)19-14-8-7-11(17)9-18-14/h2-10H,1H3,(H,18,19,22). The van der Waals surface area contributed by atoms with Crippen LogP contribution in [0.2, 0.25) is 0 Å². The topological polar surface area (TPSA) is 69.0 Å². The Hall–Kier alpha value is -2.67. The third-order valence-corrected chi connectivity index (χ3v) is 3.57. The minimum absolute atomic E-state index is 0.195. The molecule has 1 amide bonds. The molecule has 2 aromatic heterocycles. The van der Waals surface area contributed by atoms with Crippen molar-refractivity contribution in [3.63, 3.8) is 0 Å². The van der Waals surface area contributed by atoms with Crippen LogP contribution >= 0.6 is 15.9 Å². The summed E-state index contributed by atoms with van der Waals surface area (Å²) in [5, 5.41) is 7.01. The van der Waals surface area contributed by atoms with Gasteiger partial charge in [0.25, 0.3) is 5.91 Å². The summed E-state index contributed by atoms with van der Waals surface area (Å²) < 4.78 is 7.69. The second-order valence-electron chi connectivity index (χ2n) is 4.64. The van der Waals surface area contributed by atoms with E-state index in [4.69, 9.17) is 4.74 Å². The second kappa shape index (κ2) is 6.62. The molecule has 3 aromatic rings. The molecule has 2 heterocycles. The molecule has 0 unspecified atom stereocenters. The lowest BCUT2D eigenvalue weighted by Gasteiger charge is -2.03. The summed E-state index contributed by atoms with van der Waals surface area (Å²) in [6, 6.07) is 13.0. The van der Waals surface area contributed by atoms with E-state index in [0.29, 0.717) is 11.6 Å². The molecule has 3 rings (SSSR count). The summed E-state index contributed by atoms with van der Waals surface area (Å²) in [4.78, 5) is 16.5. The fourth-order valence-corrected chi connectivity index (χ4v) is 2.24. The zero-order chi connectivity index (χ0) is 16.2. The highest BCUT2D eigenvalue weighted by atomic mass is 79.9. The Labute approximate surface area is 141 Å². The molecule has 0 spiro atoms. The molecule has 0 radical (unpaired) electrons. The molecule has 0 saturated carbocycles. The van der Waals surface area contributed by atoms with Crippen molar-refractivity contribution in [1.29, 1.82) is 0 Å². The van der Waals surface area contributed by atoms with Gasteiger partial charge in [-0.3, -0.25) is 4.79 Å². The van der Waals surface area contributed by atoms with Gasteiger partial charge in [0.15, 0.2) is 11.4 Å².